The van der Waals surface area contributed by atoms with Gasteiger partial charge >= 0.3 is 6.18 Å². The van der Waals surface area contributed by atoms with Crippen molar-refractivity contribution in [2.24, 2.45) is 0 Å². The van der Waals surface area contributed by atoms with Crippen LogP contribution in [-0.4, -0.2) is 53.7 Å². The summed E-state index contributed by atoms with van der Waals surface area (Å²) in [4.78, 5) is 7.93. The Kier molecular flexibility index (Phi) is 5.05. The number of halogens is 4. The molecule has 0 radical (unpaired) electrons. The Bertz CT molecular complexity index is 402. The topological polar surface area (TPSA) is 19.4 Å². The standard InChI is InChI=1S/C11H15ClF3N3S/c12-5-9-7-19-10(16-9)6-17-1-3-18(4-2-17)8-11(13,14)15/h7H,1-6,8H2. The van der Waals surface area contributed by atoms with Crippen molar-refractivity contribution in [3.63, 3.8) is 0 Å². The number of nitrogens with zero attached hydrogens (tertiary/aromatic N) is 3. The Hall–Kier alpha value is -0.370. The van der Waals surface area contributed by atoms with E-state index in [1.807, 2.05) is 5.38 Å². The van der Waals surface area contributed by atoms with Crippen molar-refractivity contribution in [1.29, 1.82) is 0 Å². The van der Waals surface area contributed by atoms with Crippen LogP contribution in [0.15, 0.2) is 5.38 Å². The van der Waals surface area contributed by atoms with Gasteiger partial charge in [-0.2, -0.15) is 13.2 Å². The first-order chi connectivity index (χ1) is 8.96. The molecule has 8 heteroatoms. The minimum atomic E-state index is -4.10. The van der Waals surface area contributed by atoms with Gasteiger partial charge in [-0.1, -0.05) is 0 Å². The maximum absolute atomic E-state index is 12.2. The lowest BCUT2D eigenvalue weighted by Crippen LogP contribution is -2.48. The van der Waals surface area contributed by atoms with Crippen molar-refractivity contribution < 1.29 is 13.2 Å². The number of aromatic nitrogens is 1. The minimum absolute atomic E-state index is 0.399. The van der Waals surface area contributed by atoms with E-state index in [1.165, 1.54) is 4.90 Å². The Balaban J connectivity index is 1.77. The normalized spacial score (nSPS) is 18.9. The molecule has 19 heavy (non-hydrogen) atoms. The van der Waals surface area contributed by atoms with E-state index in [-0.39, 0.29) is 0 Å². The summed E-state index contributed by atoms with van der Waals surface area (Å²) in [5.74, 6) is 0.399. The fourth-order valence-corrected chi connectivity index (χ4v) is 3.10. The van der Waals surface area contributed by atoms with Gasteiger partial charge in [-0.15, -0.1) is 22.9 Å². The molecule has 1 saturated heterocycles. The zero-order valence-corrected chi connectivity index (χ0v) is 11.9. The third-order valence-electron chi connectivity index (χ3n) is 2.96. The summed E-state index contributed by atoms with van der Waals surface area (Å²) >= 11 is 7.23. The number of alkyl halides is 4. The molecule has 1 aliphatic heterocycles. The van der Waals surface area contributed by atoms with Crippen LogP contribution in [0.25, 0.3) is 0 Å². The summed E-state index contributed by atoms with van der Waals surface area (Å²) < 4.78 is 36.7. The summed E-state index contributed by atoms with van der Waals surface area (Å²) in [6, 6.07) is 0. The highest BCUT2D eigenvalue weighted by Crippen LogP contribution is 2.19. The molecule has 0 spiro atoms. The number of hydrogen-bond acceptors (Lipinski definition) is 4. The van der Waals surface area contributed by atoms with Crippen LogP contribution >= 0.6 is 22.9 Å². The molecule has 2 rings (SSSR count). The largest absolute Gasteiger partial charge is 0.401 e. The van der Waals surface area contributed by atoms with Crippen LogP contribution in [0, 0.1) is 0 Å². The van der Waals surface area contributed by atoms with Crippen molar-refractivity contribution in [3.8, 4) is 0 Å². The third kappa shape index (κ3) is 4.91. The molecule has 1 aromatic rings. The van der Waals surface area contributed by atoms with Crippen molar-refractivity contribution in [2.45, 2.75) is 18.6 Å². The van der Waals surface area contributed by atoms with E-state index in [4.69, 9.17) is 11.6 Å². The first kappa shape index (κ1) is 15.0. The second kappa shape index (κ2) is 6.39. The molecule has 0 bridgehead atoms. The van der Waals surface area contributed by atoms with Gasteiger partial charge in [-0.3, -0.25) is 9.80 Å². The molecule has 0 aliphatic carbocycles. The molecule has 0 atom stereocenters. The van der Waals surface area contributed by atoms with Gasteiger partial charge in [0, 0.05) is 31.6 Å². The van der Waals surface area contributed by atoms with Crippen LogP contribution in [0.5, 0.6) is 0 Å². The summed E-state index contributed by atoms with van der Waals surface area (Å²) in [6.07, 6.45) is -4.10. The Labute approximate surface area is 119 Å². The molecule has 0 amide bonds. The molecule has 1 fully saturated rings. The van der Waals surface area contributed by atoms with E-state index in [0.717, 1.165) is 10.7 Å². The summed E-state index contributed by atoms with van der Waals surface area (Å²) in [5, 5.41) is 2.89. The first-order valence-electron chi connectivity index (χ1n) is 5.97. The zero-order chi connectivity index (χ0) is 13.9. The molecule has 0 N–H and O–H groups in total. The van der Waals surface area contributed by atoms with E-state index in [2.05, 4.69) is 9.88 Å². The number of hydrogen-bond donors (Lipinski definition) is 0. The van der Waals surface area contributed by atoms with Crippen LogP contribution in [0.1, 0.15) is 10.7 Å². The molecule has 3 nitrogen and oxygen atoms in total. The lowest BCUT2D eigenvalue weighted by Gasteiger charge is -2.34. The second-order valence-electron chi connectivity index (χ2n) is 4.53. The van der Waals surface area contributed by atoms with Crippen molar-refractivity contribution in [2.75, 3.05) is 32.7 Å². The van der Waals surface area contributed by atoms with Gasteiger partial charge in [-0.25, -0.2) is 4.98 Å². The van der Waals surface area contributed by atoms with E-state index in [0.29, 0.717) is 38.6 Å². The summed E-state index contributed by atoms with van der Waals surface area (Å²) in [6.45, 7) is 2.08. The lowest BCUT2D eigenvalue weighted by atomic mass is 10.3. The van der Waals surface area contributed by atoms with Gasteiger partial charge in [0.25, 0.3) is 0 Å². The maximum Gasteiger partial charge on any atom is 0.401 e. The summed E-state index contributed by atoms with van der Waals surface area (Å²) in [5.41, 5.74) is 0.859. The predicted octanol–water partition coefficient (Wildman–Crippen LogP) is 2.56. The predicted molar refractivity (Wildman–Crippen MR) is 69.4 cm³/mol. The van der Waals surface area contributed by atoms with Gasteiger partial charge < -0.3 is 0 Å². The molecule has 0 aromatic carbocycles. The first-order valence-corrected chi connectivity index (χ1v) is 7.38. The lowest BCUT2D eigenvalue weighted by molar-refractivity contribution is -0.149. The van der Waals surface area contributed by atoms with Gasteiger partial charge in [0.1, 0.15) is 5.01 Å². The van der Waals surface area contributed by atoms with Crippen molar-refractivity contribution >= 4 is 22.9 Å². The quantitative estimate of drug-likeness (QED) is 0.797. The fourth-order valence-electron chi connectivity index (χ4n) is 2.03. The SMILES string of the molecule is FC(F)(F)CN1CCN(Cc2nc(CCl)cs2)CC1. The van der Waals surface area contributed by atoms with Crippen molar-refractivity contribution in [3.05, 3.63) is 16.1 Å². The molecule has 0 unspecified atom stereocenters. The Morgan fingerprint density at radius 2 is 1.84 bits per heavy atom. The van der Waals surface area contributed by atoms with Crippen molar-refractivity contribution in [1.82, 2.24) is 14.8 Å². The molecule has 0 saturated carbocycles. The molecule has 1 aliphatic rings. The van der Waals surface area contributed by atoms with Crippen LogP contribution < -0.4 is 0 Å². The smallest absolute Gasteiger partial charge is 0.294 e. The van der Waals surface area contributed by atoms with E-state index < -0.39 is 12.7 Å². The second-order valence-corrected chi connectivity index (χ2v) is 5.74. The average Bonchev–Trinajstić information content (AvgIpc) is 2.77. The van der Waals surface area contributed by atoms with Crippen LogP contribution in [-0.2, 0) is 12.4 Å². The highest BCUT2D eigenvalue weighted by molar-refractivity contribution is 7.09. The zero-order valence-electron chi connectivity index (χ0n) is 10.3. The number of piperazine rings is 1. The molecular formula is C11H15ClF3N3S. The minimum Gasteiger partial charge on any atom is -0.294 e. The number of rotatable bonds is 4. The van der Waals surface area contributed by atoms with Gasteiger partial charge in [0.15, 0.2) is 0 Å². The van der Waals surface area contributed by atoms with Gasteiger partial charge in [0.05, 0.1) is 24.7 Å². The Morgan fingerprint density at radius 1 is 1.21 bits per heavy atom. The fraction of sp³-hybridized carbons (Fsp3) is 0.727. The van der Waals surface area contributed by atoms with Crippen LogP contribution in [0.2, 0.25) is 0 Å². The Morgan fingerprint density at radius 3 is 2.37 bits per heavy atom. The van der Waals surface area contributed by atoms with E-state index >= 15 is 0 Å². The number of thiazole rings is 1. The molecule has 1 aromatic heterocycles. The van der Waals surface area contributed by atoms with Gasteiger partial charge in [-0.05, 0) is 0 Å². The van der Waals surface area contributed by atoms with Crippen LogP contribution in [0.3, 0.4) is 0 Å². The molecule has 108 valence electrons. The third-order valence-corrected chi connectivity index (χ3v) is 4.12. The van der Waals surface area contributed by atoms with E-state index in [9.17, 15) is 13.2 Å². The van der Waals surface area contributed by atoms with Gasteiger partial charge in [0.2, 0.25) is 0 Å². The van der Waals surface area contributed by atoms with E-state index in [1.54, 1.807) is 11.3 Å². The summed E-state index contributed by atoms with van der Waals surface area (Å²) in [7, 11) is 0. The van der Waals surface area contributed by atoms with Crippen LogP contribution in [0.4, 0.5) is 13.2 Å². The highest BCUT2D eigenvalue weighted by atomic mass is 35.5. The molecule has 2 heterocycles. The average molecular weight is 314 g/mol. The highest BCUT2D eigenvalue weighted by Gasteiger charge is 2.32. The molecular weight excluding hydrogens is 299 g/mol. The monoisotopic (exact) mass is 313 g/mol. The maximum atomic E-state index is 12.2.